The van der Waals surface area contributed by atoms with Gasteiger partial charge in [-0.3, -0.25) is 0 Å². The van der Waals surface area contributed by atoms with Gasteiger partial charge in [0.2, 0.25) is 0 Å². The number of aromatic nitrogens is 2. The second-order valence-electron chi connectivity index (χ2n) is 5.04. The highest BCUT2D eigenvalue weighted by molar-refractivity contribution is 5.53. The summed E-state index contributed by atoms with van der Waals surface area (Å²) in [5, 5.41) is 3.78. The van der Waals surface area contributed by atoms with Gasteiger partial charge < -0.3 is 10.3 Å². The Hall–Kier alpha value is -1.89. The van der Waals surface area contributed by atoms with E-state index < -0.39 is 23.0 Å². The molecule has 3 rings (SSSR count). The summed E-state index contributed by atoms with van der Waals surface area (Å²) in [6.45, 7) is 0. The summed E-state index contributed by atoms with van der Waals surface area (Å²) in [4.78, 5) is 4.09. The lowest BCUT2D eigenvalue weighted by Crippen LogP contribution is -2.34. The Morgan fingerprint density at radius 3 is 2.30 bits per heavy atom. The van der Waals surface area contributed by atoms with Crippen molar-refractivity contribution in [1.29, 1.82) is 0 Å². The molecule has 0 spiro atoms. The first-order chi connectivity index (χ1) is 9.49. The van der Waals surface area contributed by atoms with Crippen LogP contribution in [0.5, 0.6) is 0 Å². The van der Waals surface area contributed by atoms with Crippen LogP contribution in [0, 0.1) is 17.5 Å². The minimum absolute atomic E-state index is 0.0123. The Morgan fingerprint density at radius 2 is 1.70 bits per heavy atom. The third kappa shape index (κ3) is 2.07. The summed E-state index contributed by atoms with van der Waals surface area (Å²) in [5.41, 5.74) is 5.50. The molecular weight excluding hydrogens is 271 g/mol. The second-order valence-corrected chi connectivity index (χ2v) is 5.04. The molecule has 1 saturated carbocycles. The third-order valence-electron chi connectivity index (χ3n) is 3.60. The Morgan fingerprint density at radius 1 is 1.10 bits per heavy atom. The number of halogens is 3. The van der Waals surface area contributed by atoms with E-state index in [0.29, 0.717) is 5.82 Å². The molecule has 0 aliphatic heterocycles. The smallest absolute Gasteiger partial charge is 0.258 e. The number of rotatable bonds is 2. The maximum absolute atomic E-state index is 13.2. The van der Waals surface area contributed by atoms with Gasteiger partial charge in [-0.05, 0) is 25.0 Å². The van der Waals surface area contributed by atoms with E-state index in [1.807, 2.05) is 0 Å². The summed E-state index contributed by atoms with van der Waals surface area (Å²) in [7, 11) is 0. The number of hydrogen-bond acceptors (Lipinski definition) is 4. The van der Waals surface area contributed by atoms with E-state index in [1.165, 1.54) is 0 Å². The van der Waals surface area contributed by atoms with Crippen molar-refractivity contribution in [2.45, 2.75) is 31.2 Å². The molecule has 7 heteroatoms. The third-order valence-corrected chi connectivity index (χ3v) is 3.60. The standard InChI is InChI=1S/C13H12F3N3O/c14-8-5-7(6-9(15)10(8)16)11-18-12(19-20-11)13(17)3-1-2-4-13/h5-6H,1-4,17H2. The quantitative estimate of drug-likeness (QED) is 0.861. The fraction of sp³-hybridized carbons (Fsp3) is 0.385. The molecule has 4 nitrogen and oxygen atoms in total. The van der Waals surface area contributed by atoms with Crippen molar-refractivity contribution < 1.29 is 17.7 Å². The summed E-state index contributed by atoms with van der Waals surface area (Å²) < 4.78 is 44.2. The van der Waals surface area contributed by atoms with Crippen molar-refractivity contribution in [3.8, 4) is 11.5 Å². The van der Waals surface area contributed by atoms with Crippen LogP contribution in [0.4, 0.5) is 13.2 Å². The van der Waals surface area contributed by atoms with Gasteiger partial charge in [0, 0.05) is 5.56 Å². The maximum Gasteiger partial charge on any atom is 0.258 e. The van der Waals surface area contributed by atoms with Gasteiger partial charge in [-0.2, -0.15) is 4.98 Å². The number of nitrogens with two attached hydrogens (primary N) is 1. The lowest BCUT2D eigenvalue weighted by molar-refractivity contribution is 0.372. The summed E-state index contributed by atoms with van der Waals surface area (Å²) in [6.07, 6.45) is 3.41. The molecule has 0 bridgehead atoms. The zero-order valence-electron chi connectivity index (χ0n) is 10.5. The Balaban J connectivity index is 1.98. The minimum atomic E-state index is -1.53. The molecular formula is C13H12F3N3O. The van der Waals surface area contributed by atoms with Gasteiger partial charge in [-0.25, -0.2) is 13.2 Å². The van der Waals surface area contributed by atoms with E-state index in [0.717, 1.165) is 37.8 Å². The first-order valence-electron chi connectivity index (χ1n) is 6.27. The average molecular weight is 283 g/mol. The fourth-order valence-corrected chi connectivity index (χ4v) is 2.45. The maximum atomic E-state index is 13.2. The minimum Gasteiger partial charge on any atom is -0.334 e. The van der Waals surface area contributed by atoms with Gasteiger partial charge >= 0.3 is 0 Å². The molecule has 20 heavy (non-hydrogen) atoms. The van der Waals surface area contributed by atoms with Crippen LogP contribution >= 0.6 is 0 Å². The zero-order valence-corrected chi connectivity index (χ0v) is 10.5. The van der Waals surface area contributed by atoms with Crippen LogP contribution < -0.4 is 5.73 Å². The van der Waals surface area contributed by atoms with Gasteiger partial charge in [0.15, 0.2) is 23.3 Å². The number of nitrogens with zero attached hydrogens (tertiary/aromatic N) is 2. The molecule has 1 aliphatic carbocycles. The summed E-state index contributed by atoms with van der Waals surface area (Å²) >= 11 is 0. The number of hydrogen-bond donors (Lipinski definition) is 1. The molecule has 1 aliphatic rings. The van der Waals surface area contributed by atoms with Crippen LogP contribution in [0.2, 0.25) is 0 Å². The van der Waals surface area contributed by atoms with Crippen molar-refractivity contribution in [3.63, 3.8) is 0 Å². The molecule has 2 N–H and O–H groups in total. The van der Waals surface area contributed by atoms with Gasteiger partial charge in [-0.15, -0.1) is 0 Å². The normalized spacial score (nSPS) is 17.6. The molecule has 1 aromatic carbocycles. The van der Waals surface area contributed by atoms with Gasteiger partial charge in [0.25, 0.3) is 5.89 Å². The van der Waals surface area contributed by atoms with Crippen molar-refractivity contribution in [2.75, 3.05) is 0 Å². The fourth-order valence-electron chi connectivity index (χ4n) is 2.45. The van der Waals surface area contributed by atoms with E-state index >= 15 is 0 Å². The van der Waals surface area contributed by atoms with Gasteiger partial charge in [0.1, 0.15) is 0 Å². The summed E-state index contributed by atoms with van der Waals surface area (Å²) in [5.74, 6) is -3.89. The van der Waals surface area contributed by atoms with Crippen LogP contribution in [0.25, 0.3) is 11.5 Å². The van der Waals surface area contributed by atoms with Crippen molar-refractivity contribution in [2.24, 2.45) is 5.73 Å². The molecule has 2 aromatic rings. The van der Waals surface area contributed by atoms with Gasteiger partial charge in [0.05, 0.1) is 5.54 Å². The molecule has 0 radical (unpaired) electrons. The molecule has 1 aromatic heterocycles. The molecule has 1 heterocycles. The molecule has 0 unspecified atom stereocenters. The predicted octanol–water partition coefficient (Wildman–Crippen LogP) is 2.88. The lowest BCUT2D eigenvalue weighted by atomic mass is 9.99. The van der Waals surface area contributed by atoms with Crippen molar-refractivity contribution >= 4 is 0 Å². The monoisotopic (exact) mass is 283 g/mol. The van der Waals surface area contributed by atoms with Crippen LogP contribution in [-0.2, 0) is 5.54 Å². The van der Waals surface area contributed by atoms with Crippen LogP contribution in [-0.4, -0.2) is 10.1 Å². The lowest BCUT2D eigenvalue weighted by Gasteiger charge is -2.17. The van der Waals surface area contributed by atoms with E-state index in [4.69, 9.17) is 10.3 Å². The molecule has 0 saturated heterocycles. The van der Waals surface area contributed by atoms with Crippen LogP contribution in [0.15, 0.2) is 16.7 Å². The Labute approximate surface area is 112 Å². The van der Waals surface area contributed by atoms with E-state index in [9.17, 15) is 13.2 Å². The molecule has 0 atom stereocenters. The highest BCUT2D eigenvalue weighted by Gasteiger charge is 2.36. The first kappa shape index (κ1) is 13.1. The van der Waals surface area contributed by atoms with E-state index in [1.54, 1.807) is 0 Å². The Kier molecular flexibility index (Phi) is 3.01. The zero-order chi connectivity index (χ0) is 14.3. The SMILES string of the molecule is NC1(c2noc(-c3cc(F)c(F)c(F)c3)n2)CCCC1. The van der Waals surface area contributed by atoms with Crippen LogP contribution in [0.1, 0.15) is 31.5 Å². The predicted molar refractivity (Wildman–Crippen MR) is 63.9 cm³/mol. The Bertz CT molecular complexity index is 627. The van der Waals surface area contributed by atoms with Gasteiger partial charge in [-0.1, -0.05) is 18.0 Å². The molecule has 1 fully saturated rings. The van der Waals surface area contributed by atoms with E-state index in [2.05, 4.69) is 10.1 Å². The number of benzene rings is 1. The van der Waals surface area contributed by atoms with Crippen LogP contribution in [0.3, 0.4) is 0 Å². The largest absolute Gasteiger partial charge is 0.334 e. The molecule has 0 amide bonds. The van der Waals surface area contributed by atoms with Crippen molar-refractivity contribution in [1.82, 2.24) is 10.1 Å². The second kappa shape index (κ2) is 4.59. The van der Waals surface area contributed by atoms with Crippen molar-refractivity contribution in [3.05, 3.63) is 35.4 Å². The highest BCUT2D eigenvalue weighted by Crippen LogP contribution is 2.35. The first-order valence-corrected chi connectivity index (χ1v) is 6.27. The van der Waals surface area contributed by atoms with E-state index in [-0.39, 0.29) is 11.5 Å². The topological polar surface area (TPSA) is 64.9 Å². The summed E-state index contributed by atoms with van der Waals surface area (Å²) in [6, 6.07) is 1.63. The highest BCUT2D eigenvalue weighted by atomic mass is 19.2. The molecule has 106 valence electrons. The average Bonchev–Trinajstić information content (AvgIpc) is 3.05.